The maximum atomic E-state index is 5.75. The molecular weight excluding hydrogens is 454 g/mol. The van der Waals surface area contributed by atoms with Gasteiger partial charge in [-0.25, -0.2) is 0 Å². The van der Waals surface area contributed by atoms with E-state index in [-0.39, 0.29) is 0 Å². The zero-order valence-corrected chi connectivity index (χ0v) is 25.3. The fourth-order valence-corrected chi connectivity index (χ4v) is 4.98. The fourth-order valence-electron chi connectivity index (χ4n) is 4.98. The Morgan fingerprint density at radius 3 is 1.32 bits per heavy atom. The molecule has 0 spiro atoms. The Morgan fingerprint density at radius 2 is 0.919 bits per heavy atom. The minimum atomic E-state index is 0.604. The van der Waals surface area contributed by atoms with Crippen molar-refractivity contribution in [2.24, 2.45) is 0 Å². The van der Waals surface area contributed by atoms with Crippen molar-refractivity contribution in [3.8, 4) is 5.75 Å². The summed E-state index contributed by atoms with van der Waals surface area (Å²) in [5.41, 5.74) is 1.43. The lowest BCUT2D eigenvalue weighted by molar-refractivity contribution is 0.0384. The molecule has 0 atom stereocenters. The van der Waals surface area contributed by atoms with Crippen LogP contribution in [0.15, 0.2) is 24.3 Å². The molecule has 0 saturated heterocycles. The molecule has 0 bridgehead atoms. The zero-order chi connectivity index (χ0) is 26.7. The Bertz CT molecular complexity index is 572. The van der Waals surface area contributed by atoms with E-state index in [4.69, 9.17) is 9.47 Å². The van der Waals surface area contributed by atoms with Crippen LogP contribution in [0, 0.1) is 0 Å². The van der Waals surface area contributed by atoms with Crippen LogP contribution in [0.25, 0.3) is 0 Å². The lowest BCUT2D eigenvalue weighted by Gasteiger charge is -2.11. The molecule has 216 valence electrons. The predicted molar refractivity (Wildman–Crippen MR) is 163 cm³/mol. The van der Waals surface area contributed by atoms with Gasteiger partial charge in [0.2, 0.25) is 0 Å². The smallest absolute Gasteiger partial charge is 0.119 e. The van der Waals surface area contributed by atoms with E-state index in [1.165, 1.54) is 147 Å². The van der Waals surface area contributed by atoms with Gasteiger partial charge in [-0.3, -0.25) is 4.90 Å². The largest absolute Gasteiger partial charge is 0.491 e. The minimum Gasteiger partial charge on any atom is -0.491 e. The van der Waals surface area contributed by atoms with Crippen LogP contribution in [0.5, 0.6) is 5.75 Å². The van der Waals surface area contributed by atoms with Gasteiger partial charge in [-0.2, -0.15) is 0 Å². The summed E-state index contributed by atoms with van der Waals surface area (Å²) < 4.78 is 11.2. The van der Waals surface area contributed by atoms with E-state index in [1.807, 2.05) is 19.0 Å². The van der Waals surface area contributed by atoms with Crippen molar-refractivity contribution in [2.45, 2.75) is 148 Å². The van der Waals surface area contributed by atoms with E-state index in [0.29, 0.717) is 19.9 Å². The molecule has 1 aromatic rings. The first-order valence-electron chi connectivity index (χ1n) is 16.2. The van der Waals surface area contributed by atoms with E-state index >= 15 is 0 Å². The van der Waals surface area contributed by atoms with Crippen molar-refractivity contribution in [2.75, 3.05) is 34.0 Å². The van der Waals surface area contributed by atoms with Gasteiger partial charge in [0.25, 0.3) is 0 Å². The van der Waals surface area contributed by atoms with E-state index < -0.39 is 0 Å². The second-order valence-electron chi connectivity index (χ2n) is 11.4. The van der Waals surface area contributed by atoms with Crippen molar-refractivity contribution >= 4 is 0 Å². The summed E-state index contributed by atoms with van der Waals surface area (Å²) in [6.07, 6.45) is 31.4. The Labute approximate surface area is 232 Å². The molecule has 0 fully saturated rings. The third-order valence-electron chi connectivity index (χ3n) is 7.34. The number of hydrogen-bond acceptors (Lipinski definition) is 3. The summed E-state index contributed by atoms with van der Waals surface area (Å²) >= 11 is 0. The van der Waals surface area contributed by atoms with Gasteiger partial charge in [0.05, 0.1) is 13.3 Å². The molecule has 0 saturated carbocycles. The fraction of sp³-hybridized carbons (Fsp3) is 0.824. The molecule has 1 aromatic carbocycles. The standard InChI is InChI=1S/C34H63NO2/c1-4-5-6-7-8-9-10-11-12-13-14-15-16-17-18-19-20-21-22-23-24-25-33-26-28-34(29-27-33)37-31-30-36-32-35(2)3/h26-29H,4-25,30-32H2,1-3H3. The van der Waals surface area contributed by atoms with Crippen molar-refractivity contribution in [3.63, 3.8) is 0 Å². The van der Waals surface area contributed by atoms with Gasteiger partial charge in [0, 0.05) is 0 Å². The summed E-state index contributed by atoms with van der Waals surface area (Å²) in [6, 6.07) is 8.62. The van der Waals surface area contributed by atoms with Gasteiger partial charge >= 0.3 is 0 Å². The molecule has 3 heteroatoms. The van der Waals surface area contributed by atoms with Crippen LogP contribution in [0.1, 0.15) is 147 Å². The number of rotatable bonds is 28. The number of aryl methyl sites for hydroxylation is 1. The monoisotopic (exact) mass is 517 g/mol. The van der Waals surface area contributed by atoms with Gasteiger partial charge < -0.3 is 9.47 Å². The zero-order valence-electron chi connectivity index (χ0n) is 25.3. The van der Waals surface area contributed by atoms with Crippen molar-refractivity contribution in [1.82, 2.24) is 4.90 Å². The predicted octanol–water partition coefficient (Wildman–Crippen LogP) is 10.4. The van der Waals surface area contributed by atoms with Gasteiger partial charge in [-0.05, 0) is 44.6 Å². The molecule has 1 rings (SSSR count). The number of benzene rings is 1. The molecule has 0 aliphatic rings. The summed E-state index contributed by atoms with van der Waals surface area (Å²) in [7, 11) is 4.00. The lowest BCUT2D eigenvalue weighted by atomic mass is 10.0. The number of unbranched alkanes of at least 4 members (excludes halogenated alkanes) is 20. The molecule has 0 aromatic heterocycles. The molecule has 37 heavy (non-hydrogen) atoms. The maximum absolute atomic E-state index is 5.75. The van der Waals surface area contributed by atoms with E-state index in [2.05, 4.69) is 31.2 Å². The van der Waals surface area contributed by atoms with Gasteiger partial charge in [-0.1, -0.05) is 147 Å². The van der Waals surface area contributed by atoms with Crippen LogP contribution in [0.2, 0.25) is 0 Å². The van der Waals surface area contributed by atoms with E-state index in [1.54, 1.807) is 0 Å². The van der Waals surface area contributed by atoms with Gasteiger partial charge in [-0.15, -0.1) is 0 Å². The van der Waals surface area contributed by atoms with Crippen LogP contribution in [0.3, 0.4) is 0 Å². The molecule has 0 radical (unpaired) electrons. The first-order valence-corrected chi connectivity index (χ1v) is 16.2. The SMILES string of the molecule is CCCCCCCCCCCCCCCCCCCCCCCc1ccc(OCCOCN(C)C)cc1. The van der Waals surface area contributed by atoms with E-state index in [9.17, 15) is 0 Å². The van der Waals surface area contributed by atoms with Crippen LogP contribution < -0.4 is 4.74 Å². The molecule has 0 heterocycles. The highest BCUT2D eigenvalue weighted by molar-refractivity contribution is 5.27. The average molecular weight is 518 g/mol. The highest BCUT2D eigenvalue weighted by Crippen LogP contribution is 2.17. The van der Waals surface area contributed by atoms with Gasteiger partial charge in [0.15, 0.2) is 0 Å². The second-order valence-corrected chi connectivity index (χ2v) is 11.4. The molecule has 0 amide bonds. The minimum absolute atomic E-state index is 0.604. The molecule has 0 N–H and O–H groups in total. The topological polar surface area (TPSA) is 21.7 Å². The molecule has 0 aliphatic carbocycles. The Kier molecular flexibility index (Phi) is 24.4. The molecular formula is C34H63NO2. The summed E-state index contributed by atoms with van der Waals surface area (Å²) in [5.74, 6) is 0.941. The van der Waals surface area contributed by atoms with Gasteiger partial charge in [0.1, 0.15) is 12.4 Å². The Morgan fingerprint density at radius 1 is 0.514 bits per heavy atom. The highest BCUT2D eigenvalue weighted by atomic mass is 16.5. The maximum Gasteiger partial charge on any atom is 0.119 e. The Balaban J connectivity index is 1.78. The average Bonchev–Trinajstić information content (AvgIpc) is 2.90. The van der Waals surface area contributed by atoms with Crippen molar-refractivity contribution in [3.05, 3.63) is 29.8 Å². The normalized spacial score (nSPS) is 11.5. The molecule has 3 nitrogen and oxygen atoms in total. The number of ether oxygens (including phenoxy) is 2. The number of hydrogen-bond donors (Lipinski definition) is 0. The third-order valence-corrected chi connectivity index (χ3v) is 7.34. The second kappa shape index (κ2) is 26.5. The first kappa shape index (κ1) is 34.0. The lowest BCUT2D eigenvalue weighted by Crippen LogP contribution is -2.18. The van der Waals surface area contributed by atoms with Crippen molar-refractivity contribution < 1.29 is 9.47 Å². The number of nitrogens with zero attached hydrogens (tertiary/aromatic N) is 1. The summed E-state index contributed by atoms with van der Waals surface area (Å²) in [4.78, 5) is 2.01. The summed E-state index contributed by atoms with van der Waals surface area (Å²) in [5, 5.41) is 0. The van der Waals surface area contributed by atoms with Crippen LogP contribution in [-0.4, -0.2) is 38.9 Å². The molecule has 0 aliphatic heterocycles. The van der Waals surface area contributed by atoms with E-state index in [0.717, 1.165) is 5.75 Å². The summed E-state index contributed by atoms with van der Waals surface area (Å²) in [6.45, 7) is 4.17. The van der Waals surface area contributed by atoms with Crippen LogP contribution in [0.4, 0.5) is 0 Å². The molecule has 0 unspecified atom stereocenters. The quantitative estimate of drug-likeness (QED) is 0.0815. The third kappa shape index (κ3) is 23.8. The Hall–Kier alpha value is -1.06. The van der Waals surface area contributed by atoms with Crippen LogP contribution >= 0.6 is 0 Å². The van der Waals surface area contributed by atoms with Crippen LogP contribution in [-0.2, 0) is 11.2 Å². The highest BCUT2D eigenvalue weighted by Gasteiger charge is 1.99. The first-order chi connectivity index (χ1) is 18.2. The van der Waals surface area contributed by atoms with Crippen molar-refractivity contribution in [1.29, 1.82) is 0 Å².